The van der Waals surface area contributed by atoms with Gasteiger partial charge in [0.2, 0.25) is 5.82 Å². The fraction of sp³-hybridized carbons (Fsp3) is 0.400. The molecule has 11 heteroatoms. The third-order valence-electron chi connectivity index (χ3n) is 6.44. The van der Waals surface area contributed by atoms with E-state index in [4.69, 9.17) is 19.1 Å². The molecular weight excluding hydrogens is 479 g/mol. The van der Waals surface area contributed by atoms with E-state index in [1.807, 2.05) is 12.1 Å². The number of hydrogen-bond donors (Lipinski definition) is 2. The van der Waals surface area contributed by atoms with Crippen molar-refractivity contribution in [2.75, 3.05) is 18.5 Å². The Morgan fingerprint density at radius 2 is 1.86 bits per heavy atom. The van der Waals surface area contributed by atoms with Gasteiger partial charge in [0.1, 0.15) is 11.9 Å². The summed E-state index contributed by atoms with van der Waals surface area (Å²) in [6.07, 6.45) is -2.51. The average Bonchev–Trinajstić information content (AvgIpc) is 3.62. The Kier molecular flexibility index (Phi) is 6.57. The van der Waals surface area contributed by atoms with Crippen molar-refractivity contribution in [1.82, 2.24) is 10.1 Å². The van der Waals surface area contributed by atoms with Crippen molar-refractivity contribution >= 4 is 11.7 Å². The molecule has 1 aliphatic heterocycles. The van der Waals surface area contributed by atoms with Crippen LogP contribution in [0.15, 0.2) is 47.0 Å². The number of anilines is 1. The second-order valence-electron chi connectivity index (χ2n) is 9.00. The van der Waals surface area contributed by atoms with Crippen LogP contribution in [0.1, 0.15) is 31.2 Å². The number of nitrogens with one attached hydrogen (secondary N) is 1. The maximum atomic E-state index is 13.7. The molecule has 2 heterocycles. The number of ether oxygens (including phenoxy) is 2. The fourth-order valence-electron chi connectivity index (χ4n) is 4.52. The Balaban J connectivity index is 1.30. The Morgan fingerprint density at radius 1 is 1.08 bits per heavy atom. The number of rotatable bonds is 7. The largest absolute Gasteiger partial charge is 0.487 e. The van der Waals surface area contributed by atoms with E-state index in [1.54, 1.807) is 12.1 Å². The summed E-state index contributed by atoms with van der Waals surface area (Å²) in [5, 5.41) is 16.3. The first kappa shape index (κ1) is 24.1. The first-order chi connectivity index (χ1) is 17.3. The molecule has 0 bridgehead atoms. The van der Waals surface area contributed by atoms with Gasteiger partial charge in [0, 0.05) is 29.3 Å². The predicted octanol–water partition coefficient (Wildman–Crippen LogP) is 5.26. The van der Waals surface area contributed by atoms with E-state index in [9.17, 15) is 18.0 Å². The summed E-state index contributed by atoms with van der Waals surface area (Å²) in [7, 11) is 0. The molecule has 0 spiro atoms. The summed E-state index contributed by atoms with van der Waals surface area (Å²) in [6.45, 7) is 0.712. The molecule has 1 aromatic heterocycles. The number of aromatic nitrogens is 2. The van der Waals surface area contributed by atoms with Crippen molar-refractivity contribution in [3.8, 4) is 28.6 Å². The van der Waals surface area contributed by atoms with Crippen LogP contribution in [-0.2, 0) is 15.7 Å². The van der Waals surface area contributed by atoms with Crippen LogP contribution in [0.5, 0.6) is 5.75 Å². The van der Waals surface area contributed by atoms with Crippen LogP contribution >= 0.6 is 0 Å². The average molecular weight is 503 g/mol. The van der Waals surface area contributed by atoms with Gasteiger partial charge in [-0.2, -0.15) is 18.2 Å². The Bertz CT molecular complexity index is 1220. The topological polar surface area (TPSA) is 107 Å². The molecule has 2 aromatic carbocycles. The predicted molar refractivity (Wildman–Crippen MR) is 122 cm³/mol. The first-order valence-electron chi connectivity index (χ1n) is 11.7. The van der Waals surface area contributed by atoms with Crippen molar-refractivity contribution in [2.45, 2.75) is 44.0 Å². The molecule has 3 atom stereocenters. The molecule has 8 nitrogen and oxygen atoms in total. The molecule has 2 fully saturated rings. The highest BCUT2D eigenvalue weighted by Crippen LogP contribution is 2.39. The standard InChI is InChI=1S/C25H24F3N3O5/c26-25(27,28)20-12-15(4-8-21(20)35-19-9-10-34-13-19)22-30-23(36-31-22)14-1-5-17(6-2-14)29-18-7-3-16(11-18)24(32)33/h1-2,4-6,8,12,16,18-19,29H,3,7,9-11,13H2,(H,32,33)/t16-,18?,19-/m1/s1. The van der Waals surface area contributed by atoms with Crippen molar-refractivity contribution in [3.63, 3.8) is 0 Å². The fourth-order valence-corrected chi connectivity index (χ4v) is 4.52. The molecule has 5 rings (SSSR count). The number of hydrogen-bond acceptors (Lipinski definition) is 7. The summed E-state index contributed by atoms with van der Waals surface area (Å²) in [4.78, 5) is 15.4. The van der Waals surface area contributed by atoms with Crippen molar-refractivity contribution in [3.05, 3.63) is 48.0 Å². The Labute approximate surface area is 204 Å². The second kappa shape index (κ2) is 9.81. The van der Waals surface area contributed by atoms with Gasteiger partial charge >= 0.3 is 12.1 Å². The van der Waals surface area contributed by atoms with E-state index in [0.717, 1.165) is 18.2 Å². The number of carbonyl (C=O) groups is 1. The van der Waals surface area contributed by atoms with E-state index in [0.29, 0.717) is 31.4 Å². The third kappa shape index (κ3) is 5.30. The Morgan fingerprint density at radius 3 is 2.53 bits per heavy atom. The normalized spacial score (nSPS) is 22.0. The van der Waals surface area contributed by atoms with Crippen molar-refractivity contribution in [1.29, 1.82) is 0 Å². The number of nitrogens with zero attached hydrogens (tertiary/aromatic N) is 2. The molecular formula is C25H24F3N3O5. The quantitative estimate of drug-likeness (QED) is 0.450. The lowest BCUT2D eigenvalue weighted by Gasteiger charge is -2.17. The van der Waals surface area contributed by atoms with Crippen LogP contribution in [0.3, 0.4) is 0 Å². The summed E-state index contributed by atoms with van der Waals surface area (Å²) < 4.78 is 57.2. The lowest BCUT2D eigenvalue weighted by Crippen LogP contribution is -2.18. The molecule has 1 saturated carbocycles. The third-order valence-corrected chi connectivity index (χ3v) is 6.44. The molecule has 36 heavy (non-hydrogen) atoms. The minimum absolute atomic E-state index is 0.0270. The van der Waals surface area contributed by atoms with Gasteiger partial charge in [0.25, 0.3) is 5.89 Å². The summed E-state index contributed by atoms with van der Waals surface area (Å²) in [6, 6.07) is 10.9. The van der Waals surface area contributed by atoms with Crippen LogP contribution in [-0.4, -0.2) is 46.6 Å². The number of aliphatic carboxylic acids is 1. The molecule has 2 N–H and O–H groups in total. The molecule has 0 amide bonds. The van der Waals surface area contributed by atoms with Gasteiger partial charge in [-0.15, -0.1) is 0 Å². The van der Waals surface area contributed by atoms with Crippen molar-refractivity contribution < 1.29 is 37.1 Å². The summed E-state index contributed by atoms with van der Waals surface area (Å²) in [5.74, 6) is -1.16. The molecule has 3 aromatic rings. The minimum atomic E-state index is -4.62. The van der Waals surface area contributed by atoms with E-state index in [-0.39, 0.29) is 41.6 Å². The minimum Gasteiger partial charge on any atom is -0.487 e. The highest BCUT2D eigenvalue weighted by molar-refractivity contribution is 5.70. The number of carboxylic acids is 1. The van der Waals surface area contributed by atoms with Gasteiger partial charge in [-0.25, -0.2) is 0 Å². The molecule has 1 aliphatic carbocycles. The van der Waals surface area contributed by atoms with E-state index in [2.05, 4.69) is 15.5 Å². The van der Waals surface area contributed by atoms with Gasteiger partial charge < -0.3 is 24.4 Å². The van der Waals surface area contributed by atoms with Crippen LogP contribution in [0.2, 0.25) is 0 Å². The molecule has 190 valence electrons. The van der Waals surface area contributed by atoms with E-state index >= 15 is 0 Å². The van der Waals surface area contributed by atoms with Crippen molar-refractivity contribution in [2.24, 2.45) is 5.92 Å². The molecule has 1 saturated heterocycles. The van der Waals surface area contributed by atoms with Gasteiger partial charge in [0.15, 0.2) is 0 Å². The lowest BCUT2D eigenvalue weighted by molar-refractivity contribution is -0.141. The maximum absolute atomic E-state index is 13.7. The molecule has 1 unspecified atom stereocenters. The maximum Gasteiger partial charge on any atom is 0.419 e. The van der Waals surface area contributed by atoms with Crippen LogP contribution in [0.25, 0.3) is 22.8 Å². The first-order valence-corrected chi connectivity index (χ1v) is 11.7. The smallest absolute Gasteiger partial charge is 0.419 e. The monoisotopic (exact) mass is 503 g/mol. The zero-order valence-corrected chi connectivity index (χ0v) is 19.1. The van der Waals surface area contributed by atoms with Gasteiger partial charge in [0.05, 0.1) is 24.7 Å². The highest BCUT2D eigenvalue weighted by Gasteiger charge is 2.36. The van der Waals surface area contributed by atoms with Crippen LogP contribution < -0.4 is 10.1 Å². The van der Waals surface area contributed by atoms with E-state index < -0.39 is 23.8 Å². The highest BCUT2D eigenvalue weighted by atomic mass is 19.4. The zero-order valence-electron chi connectivity index (χ0n) is 19.1. The molecule has 0 radical (unpaired) electrons. The number of carboxylic acid groups (broad SMARTS) is 1. The van der Waals surface area contributed by atoms with E-state index in [1.165, 1.54) is 12.1 Å². The summed E-state index contributed by atoms with van der Waals surface area (Å²) in [5.41, 5.74) is 0.671. The van der Waals surface area contributed by atoms with Crippen LogP contribution in [0, 0.1) is 5.92 Å². The van der Waals surface area contributed by atoms with Gasteiger partial charge in [-0.1, -0.05) is 5.16 Å². The van der Waals surface area contributed by atoms with Gasteiger partial charge in [-0.3, -0.25) is 4.79 Å². The Hall–Kier alpha value is -3.60. The SMILES string of the molecule is O=C(O)[C@@H]1CCC(Nc2ccc(-c3nc(-c4ccc(O[C@@H]5CCOC5)c(C(F)(F)F)c4)no3)cc2)C1. The lowest BCUT2D eigenvalue weighted by atomic mass is 10.1. The number of halogens is 3. The van der Waals surface area contributed by atoms with Gasteiger partial charge in [-0.05, 0) is 61.7 Å². The molecule has 2 aliphatic rings. The number of benzene rings is 2. The summed E-state index contributed by atoms with van der Waals surface area (Å²) >= 11 is 0. The number of alkyl halides is 3. The second-order valence-corrected chi connectivity index (χ2v) is 9.00. The van der Waals surface area contributed by atoms with Crippen LogP contribution in [0.4, 0.5) is 18.9 Å². The zero-order chi connectivity index (χ0) is 25.3.